The second-order valence-corrected chi connectivity index (χ2v) is 8.58. The van der Waals surface area contributed by atoms with E-state index in [0.29, 0.717) is 19.3 Å². The Bertz CT molecular complexity index is 709. The number of carbonyl (C=O) groups is 2. The van der Waals surface area contributed by atoms with E-state index in [4.69, 9.17) is 4.74 Å². The molecule has 1 aromatic carbocycles. The number of ketones is 1. The predicted octanol–water partition coefficient (Wildman–Crippen LogP) is 5.35. The highest BCUT2D eigenvalue weighted by atomic mass is 16.5. The fourth-order valence-electron chi connectivity index (χ4n) is 4.37. The molecule has 1 aliphatic rings. The number of carbonyl (C=O) groups excluding carboxylic acids is 2. The van der Waals surface area contributed by atoms with Crippen molar-refractivity contribution in [2.75, 3.05) is 7.11 Å². The minimum Gasteiger partial charge on any atom is -0.469 e. The molecular formula is C26H38O4. The maximum absolute atomic E-state index is 13.1. The molecule has 1 aromatic rings. The van der Waals surface area contributed by atoms with Crippen LogP contribution >= 0.6 is 0 Å². The largest absolute Gasteiger partial charge is 0.469 e. The van der Waals surface area contributed by atoms with Crippen molar-refractivity contribution < 1.29 is 19.4 Å². The molecule has 0 unspecified atom stereocenters. The van der Waals surface area contributed by atoms with E-state index < -0.39 is 11.5 Å². The Morgan fingerprint density at radius 1 is 1.20 bits per heavy atom. The normalized spacial score (nSPS) is 20.4. The average molecular weight is 415 g/mol. The maximum Gasteiger partial charge on any atom is 0.305 e. The Balaban J connectivity index is 2.15. The highest BCUT2D eigenvalue weighted by Gasteiger charge is 2.38. The molecule has 0 aliphatic heterocycles. The number of rotatable bonds is 12. The quantitative estimate of drug-likeness (QED) is 0.284. The summed E-state index contributed by atoms with van der Waals surface area (Å²) < 4.78 is 4.74. The Morgan fingerprint density at radius 3 is 2.67 bits per heavy atom. The zero-order valence-corrected chi connectivity index (χ0v) is 18.7. The molecule has 166 valence electrons. The van der Waals surface area contributed by atoms with Gasteiger partial charge in [0.1, 0.15) is 5.78 Å². The van der Waals surface area contributed by atoms with Gasteiger partial charge in [-0.15, -0.1) is 0 Å². The summed E-state index contributed by atoms with van der Waals surface area (Å²) in [7, 11) is 1.41. The van der Waals surface area contributed by atoms with Crippen LogP contribution in [0.25, 0.3) is 0 Å². The summed E-state index contributed by atoms with van der Waals surface area (Å²) in [6.07, 6.45) is 13.4. The Kier molecular flexibility index (Phi) is 10.3. The maximum atomic E-state index is 13.1. The third-order valence-corrected chi connectivity index (χ3v) is 6.25. The van der Waals surface area contributed by atoms with Crippen molar-refractivity contribution in [2.45, 2.75) is 90.1 Å². The van der Waals surface area contributed by atoms with Crippen molar-refractivity contribution in [3.05, 3.63) is 47.5 Å². The van der Waals surface area contributed by atoms with Crippen LogP contribution in [0.15, 0.2) is 36.4 Å². The average Bonchev–Trinajstić information content (AvgIpc) is 2.75. The van der Waals surface area contributed by atoms with Gasteiger partial charge in [-0.25, -0.2) is 0 Å². The van der Waals surface area contributed by atoms with E-state index in [1.807, 2.05) is 24.3 Å². The standard InChI is InChI=1S/C26H38O4/c1-3-4-5-14-23(27)17-19-26(18-9-8-15-24(26)28)20-22-12-7-6-11-21(22)13-10-16-25(29)30-2/h6-7,11-12,17,19,23,27H,3-5,8-10,13-16,18,20H2,1-2H3/b19-17+/t23-,26-/m0/s1. The molecule has 30 heavy (non-hydrogen) atoms. The number of aliphatic hydroxyl groups is 1. The minimum absolute atomic E-state index is 0.189. The Hall–Kier alpha value is -1.94. The molecule has 1 aliphatic carbocycles. The number of Topliss-reactive ketones (excluding diaryl/α,β-unsaturated/α-hetero) is 1. The first kappa shape index (κ1) is 24.3. The fraction of sp³-hybridized carbons (Fsp3) is 0.615. The van der Waals surface area contributed by atoms with Crippen LogP contribution in [0, 0.1) is 5.41 Å². The molecule has 2 atom stereocenters. The molecule has 0 saturated heterocycles. The van der Waals surface area contributed by atoms with Crippen LogP contribution < -0.4 is 0 Å². The zero-order chi connectivity index (χ0) is 21.8. The molecule has 0 bridgehead atoms. The smallest absolute Gasteiger partial charge is 0.305 e. The van der Waals surface area contributed by atoms with E-state index in [0.717, 1.165) is 57.8 Å². The van der Waals surface area contributed by atoms with Crippen LogP contribution in [-0.2, 0) is 27.2 Å². The second kappa shape index (κ2) is 12.7. The van der Waals surface area contributed by atoms with E-state index in [2.05, 4.69) is 19.1 Å². The summed E-state index contributed by atoms with van der Waals surface area (Å²) in [5, 5.41) is 10.4. The molecule has 0 aromatic heterocycles. The highest BCUT2D eigenvalue weighted by molar-refractivity contribution is 5.87. The lowest BCUT2D eigenvalue weighted by Crippen LogP contribution is -2.35. The van der Waals surface area contributed by atoms with Crippen molar-refractivity contribution in [3.63, 3.8) is 0 Å². The third-order valence-electron chi connectivity index (χ3n) is 6.25. The first-order chi connectivity index (χ1) is 14.5. The van der Waals surface area contributed by atoms with Crippen LogP contribution in [0.2, 0.25) is 0 Å². The van der Waals surface area contributed by atoms with Gasteiger partial charge in [0.25, 0.3) is 0 Å². The lowest BCUT2D eigenvalue weighted by molar-refractivity contribution is -0.140. The van der Waals surface area contributed by atoms with Gasteiger partial charge in [0, 0.05) is 12.8 Å². The van der Waals surface area contributed by atoms with Gasteiger partial charge in [-0.05, 0) is 49.7 Å². The number of allylic oxidation sites excluding steroid dienone is 1. The monoisotopic (exact) mass is 414 g/mol. The number of methoxy groups -OCH3 is 1. The van der Waals surface area contributed by atoms with E-state index in [-0.39, 0.29) is 11.8 Å². The predicted molar refractivity (Wildman–Crippen MR) is 120 cm³/mol. The Labute approximate surface area is 181 Å². The molecule has 0 heterocycles. The molecular weight excluding hydrogens is 376 g/mol. The van der Waals surface area contributed by atoms with E-state index in [1.165, 1.54) is 18.2 Å². The van der Waals surface area contributed by atoms with Crippen molar-refractivity contribution in [1.29, 1.82) is 0 Å². The summed E-state index contributed by atoms with van der Waals surface area (Å²) in [5.41, 5.74) is 1.83. The van der Waals surface area contributed by atoms with Crippen molar-refractivity contribution in [3.8, 4) is 0 Å². The van der Waals surface area contributed by atoms with Gasteiger partial charge in [0.15, 0.2) is 0 Å². The summed E-state index contributed by atoms with van der Waals surface area (Å²) in [6.45, 7) is 2.15. The minimum atomic E-state index is -0.525. The van der Waals surface area contributed by atoms with Gasteiger partial charge >= 0.3 is 5.97 Å². The molecule has 1 saturated carbocycles. The van der Waals surface area contributed by atoms with Gasteiger partial charge < -0.3 is 9.84 Å². The number of aliphatic hydroxyl groups excluding tert-OH is 1. The fourth-order valence-corrected chi connectivity index (χ4v) is 4.37. The number of ether oxygens (including phenoxy) is 1. The van der Waals surface area contributed by atoms with E-state index in [1.54, 1.807) is 0 Å². The number of esters is 1. The van der Waals surface area contributed by atoms with Gasteiger partial charge in [0.05, 0.1) is 18.6 Å². The highest BCUT2D eigenvalue weighted by Crippen LogP contribution is 2.39. The Morgan fingerprint density at radius 2 is 1.97 bits per heavy atom. The molecule has 1 N–H and O–H groups in total. The first-order valence-electron chi connectivity index (χ1n) is 11.5. The van der Waals surface area contributed by atoms with Crippen molar-refractivity contribution >= 4 is 11.8 Å². The third kappa shape index (κ3) is 7.39. The topological polar surface area (TPSA) is 63.6 Å². The van der Waals surface area contributed by atoms with E-state index in [9.17, 15) is 14.7 Å². The lowest BCUT2D eigenvalue weighted by Gasteiger charge is -2.34. The van der Waals surface area contributed by atoms with Gasteiger partial charge in [-0.2, -0.15) is 0 Å². The zero-order valence-electron chi connectivity index (χ0n) is 18.7. The van der Waals surface area contributed by atoms with Crippen LogP contribution in [0.3, 0.4) is 0 Å². The molecule has 4 heteroatoms. The summed E-state index contributed by atoms with van der Waals surface area (Å²) in [5.74, 6) is 0.0986. The molecule has 0 radical (unpaired) electrons. The number of hydrogen-bond acceptors (Lipinski definition) is 4. The van der Waals surface area contributed by atoms with Gasteiger partial charge in [-0.1, -0.05) is 69.0 Å². The molecule has 0 amide bonds. The number of unbranched alkanes of at least 4 members (excludes halogenated alkanes) is 2. The first-order valence-corrected chi connectivity index (χ1v) is 11.5. The SMILES string of the molecule is CCCCC[C@H](O)/C=C/[C@]1(Cc2ccccc2CCCC(=O)OC)CCCCC1=O. The summed E-state index contributed by atoms with van der Waals surface area (Å²) >= 11 is 0. The lowest BCUT2D eigenvalue weighted by atomic mass is 9.68. The van der Waals surface area contributed by atoms with Crippen LogP contribution in [0.4, 0.5) is 0 Å². The second-order valence-electron chi connectivity index (χ2n) is 8.58. The molecule has 2 rings (SSSR count). The molecule has 4 nitrogen and oxygen atoms in total. The van der Waals surface area contributed by atoms with Crippen molar-refractivity contribution in [1.82, 2.24) is 0 Å². The number of hydrogen-bond donors (Lipinski definition) is 1. The van der Waals surface area contributed by atoms with Crippen molar-refractivity contribution in [2.24, 2.45) is 5.41 Å². The van der Waals surface area contributed by atoms with Crippen LogP contribution in [0.1, 0.15) is 82.3 Å². The van der Waals surface area contributed by atoms with Gasteiger partial charge in [0.2, 0.25) is 0 Å². The molecule has 0 spiro atoms. The van der Waals surface area contributed by atoms with Crippen LogP contribution in [0.5, 0.6) is 0 Å². The molecule has 1 fully saturated rings. The number of benzene rings is 1. The summed E-state index contributed by atoms with van der Waals surface area (Å²) in [6, 6.07) is 8.22. The number of aryl methyl sites for hydroxylation is 1. The van der Waals surface area contributed by atoms with Crippen LogP contribution in [-0.4, -0.2) is 30.1 Å². The van der Waals surface area contributed by atoms with Gasteiger partial charge in [-0.3, -0.25) is 9.59 Å². The summed E-state index contributed by atoms with van der Waals surface area (Å²) in [4.78, 5) is 24.5. The van der Waals surface area contributed by atoms with E-state index >= 15 is 0 Å².